The molecule has 0 atom stereocenters. The molecule has 1 heterocycles. The van der Waals surface area contributed by atoms with Gasteiger partial charge in [0.2, 0.25) is 0 Å². The Morgan fingerprint density at radius 3 is 3.07 bits per heavy atom. The lowest BCUT2D eigenvalue weighted by atomic mass is 10.2. The molecule has 3 N–H and O–H groups in total. The third-order valence-corrected chi connectivity index (χ3v) is 2.55. The molecule has 0 aromatic carbocycles. The summed E-state index contributed by atoms with van der Waals surface area (Å²) in [4.78, 5) is 15.5. The molecule has 1 aromatic heterocycles. The number of aromatic nitrogens is 1. The van der Waals surface area contributed by atoms with Gasteiger partial charge in [-0.1, -0.05) is 12.8 Å². The number of pyridine rings is 1. The summed E-state index contributed by atoms with van der Waals surface area (Å²) in [5, 5.41) is 2.84. The van der Waals surface area contributed by atoms with Crippen LogP contribution in [-0.4, -0.2) is 17.4 Å². The summed E-state index contributed by atoms with van der Waals surface area (Å²) < 4.78 is 0. The van der Waals surface area contributed by atoms with E-state index in [1.54, 1.807) is 18.3 Å². The van der Waals surface area contributed by atoms with Gasteiger partial charge >= 0.3 is 0 Å². The molecule has 15 heavy (non-hydrogen) atoms. The fourth-order valence-electron chi connectivity index (χ4n) is 1.46. The Kier molecular flexibility index (Phi) is 2.85. The molecule has 1 fully saturated rings. The number of anilines is 1. The molecule has 0 spiro atoms. The van der Waals surface area contributed by atoms with E-state index in [2.05, 4.69) is 10.3 Å². The van der Waals surface area contributed by atoms with Gasteiger partial charge in [-0.25, -0.2) is 0 Å². The Labute approximate surface area is 88.9 Å². The van der Waals surface area contributed by atoms with E-state index in [9.17, 15) is 4.79 Å². The molecule has 0 saturated heterocycles. The van der Waals surface area contributed by atoms with E-state index in [1.807, 2.05) is 0 Å². The molecular weight excluding hydrogens is 190 g/mol. The molecule has 0 bridgehead atoms. The Morgan fingerprint density at radius 1 is 1.60 bits per heavy atom. The highest BCUT2D eigenvalue weighted by molar-refractivity contribution is 5.92. The summed E-state index contributed by atoms with van der Waals surface area (Å²) in [5.74, 6) is 0.696. The maximum Gasteiger partial charge on any atom is 0.269 e. The number of rotatable bonds is 4. The smallest absolute Gasteiger partial charge is 0.269 e. The van der Waals surface area contributed by atoms with E-state index in [0.717, 1.165) is 18.9 Å². The number of nitrogens with zero attached hydrogens (tertiary/aromatic N) is 1. The largest absolute Gasteiger partial charge is 0.399 e. The van der Waals surface area contributed by atoms with Crippen molar-refractivity contribution in [1.82, 2.24) is 10.3 Å². The zero-order chi connectivity index (χ0) is 10.7. The second kappa shape index (κ2) is 4.29. The van der Waals surface area contributed by atoms with E-state index < -0.39 is 0 Å². The van der Waals surface area contributed by atoms with E-state index >= 15 is 0 Å². The lowest BCUT2D eigenvalue weighted by Gasteiger charge is -2.03. The van der Waals surface area contributed by atoms with Crippen LogP contribution in [0, 0.1) is 5.92 Å². The lowest BCUT2D eigenvalue weighted by Crippen LogP contribution is -2.25. The molecule has 4 heteroatoms. The van der Waals surface area contributed by atoms with Gasteiger partial charge in [0.15, 0.2) is 0 Å². The summed E-state index contributed by atoms with van der Waals surface area (Å²) in [6.07, 6.45) is 5.25. The van der Waals surface area contributed by atoms with Crippen LogP contribution in [0.15, 0.2) is 18.3 Å². The predicted molar refractivity (Wildman–Crippen MR) is 58.3 cm³/mol. The monoisotopic (exact) mass is 205 g/mol. The van der Waals surface area contributed by atoms with Crippen molar-refractivity contribution in [1.29, 1.82) is 0 Å². The molecule has 80 valence electrons. The third-order valence-electron chi connectivity index (χ3n) is 2.55. The highest BCUT2D eigenvalue weighted by Crippen LogP contribution is 2.31. The SMILES string of the molecule is Nc1ccnc(C(=O)NCCC2CC2)c1. The Morgan fingerprint density at radius 2 is 2.40 bits per heavy atom. The van der Waals surface area contributed by atoms with Crippen LogP contribution in [0.3, 0.4) is 0 Å². The first-order chi connectivity index (χ1) is 7.25. The minimum atomic E-state index is -0.136. The van der Waals surface area contributed by atoms with E-state index in [0.29, 0.717) is 11.4 Å². The Bertz CT molecular complexity index is 361. The van der Waals surface area contributed by atoms with Crippen LogP contribution in [0.5, 0.6) is 0 Å². The molecule has 0 unspecified atom stereocenters. The average molecular weight is 205 g/mol. The van der Waals surface area contributed by atoms with Gasteiger partial charge in [-0.3, -0.25) is 9.78 Å². The average Bonchev–Trinajstić information content (AvgIpc) is 3.01. The van der Waals surface area contributed by atoms with E-state index in [4.69, 9.17) is 5.73 Å². The highest BCUT2D eigenvalue weighted by Gasteiger charge is 2.20. The second-order valence-corrected chi connectivity index (χ2v) is 3.96. The van der Waals surface area contributed by atoms with Gasteiger partial charge < -0.3 is 11.1 Å². The van der Waals surface area contributed by atoms with Gasteiger partial charge in [-0.05, 0) is 24.5 Å². The van der Waals surface area contributed by atoms with Crippen molar-refractivity contribution < 1.29 is 4.79 Å². The van der Waals surface area contributed by atoms with Crippen molar-refractivity contribution in [3.05, 3.63) is 24.0 Å². The summed E-state index contributed by atoms with van der Waals surface area (Å²) >= 11 is 0. The number of carbonyl (C=O) groups excluding carboxylic acids is 1. The fraction of sp³-hybridized carbons (Fsp3) is 0.455. The highest BCUT2D eigenvalue weighted by atomic mass is 16.1. The van der Waals surface area contributed by atoms with Gasteiger partial charge in [0.25, 0.3) is 5.91 Å². The van der Waals surface area contributed by atoms with Gasteiger partial charge in [0.1, 0.15) is 5.69 Å². The Hall–Kier alpha value is -1.58. The molecule has 1 aliphatic carbocycles. The van der Waals surface area contributed by atoms with Gasteiger partial charge in [-0.2, -0.15) is 0 Å². The van der Waals surface area contributed by atoms with E-state index in [-0.39, 0.29) is 5.91 Å². The van der Waals surface area contributed by atoms with Crippen molar-refractivity contribution in [3.8, 4) is 0 Å². The standard InChI is InChI=1S/C11H15N3O/c12-9-4-6-13-10(7-9)11(15)14-5-3-8-1-2-8/h4,6-8H,1-3,5H2,(H2,12,13)(H,14,15). The molecular formula is C11H15N3O. The molecule has 1 saturated carbocycles. The maximum absolute atomic E-state index is 11.6. The molecule has 0 aliphatic heterocycles. The van der Waals surface area contributed by atoms with E-state index in [1.165, 1.54) is 12.8 Å². The van der Waals surface area contributed by atoms with Crippen LogP contribution in [0.2, 0.25) is 0 Å². The number of nitrogens with two attached hydrogens (primary N) is 1. The molecule has 1 amide bonds. The summed E-state index contributed by atoms with van der Waals surface area (Å²) in [6, 6.07) is 3.26. The van der Waals surface area contributed by atoms with Crippen molar-refractivity contribution in [2.24, 2.45) is 5.92 Å². The minimum Gasteiger partial charge on any atom is -0.399 e. The van der Waals surface area contributed by atoms with Crippen LogP contribution >= 0.6 is 0 Å². The zero-order valence-electron chi connectivity index (χ0n) is 8.57. The van der Waals surface area contributed by atoms with Crippen molar-refractivity contribution in [2.45, 2.75) is 19.3 Å². The van der Waals surface area contributed by atoms with Gasteiger partial charge in [0, 0.05) is 18.4 Å². The van der Waals surface area contributed by atoms with Gasteiger partial charge in [0.05, 0.1) is 0 Å². The van der Waals surface area contributed by atoms with Crippen LogP contribution in [0.25, 0.3) is 0 Å². The lowest BCUT2D eigenvalue weighted by molar-refractivity contribution is 0.0948. The summed E-state index contributed by atoms with van der Waals surface area (Å²) in [6.45, 7) is 0.736. The maximum atomic E-state index is 11.6. The first kappa shape index (κ1) is 9.96. The minimum absolute atomic E-state index is 0.136. The quantitative estimate of drug-likeness (QED) is 0.776. The number of hydrogen-bond acceptors (Lipinski definition) is 3. The van der Waals surface area contributed by atoms with Crippen LogP contribution in [0.1, 0.15) is 29.8 Å². The summed E-state index contributed by atoms with van der Waals surface area (Å²) in [7, 11) is 0. The number of hydrogen-bond donors (Lipinski definition) is 2. The normalized spacial score (nSPS) is 14.9. The number of nitrogens with one attached hydrogen (secondary N) is 1. The first-order valence-electron chi connectivity index (χ1n) is 5.25. The van der Waals surface area contributed by atoms with Crippen LogP contribution < -0.4 is 11.1 Å². The second-order valence-electron chi connectivity index (χ2n) is 3.96. The topological polar surface area (TPSA) is 68.0 Å². The summed E-state index contributed by atoms with van der Waals surface area (Å²) in [5.41, 5.74) is 6.52. The Balaban J connectivity index is 1.83. The predicted octanol–water partition coefficient (Wildman–Crippen LogP) is 1.19. The molecule has 1 aromatic rings. The molecule has 2 rings (SSSR count). The first-order valence-corrected chi connectivity index (χ1v) is 5.25. The van der Waals surface area contributed by atoms with Crippen molar-refractivity contribution >= 4 is 11.6 Å². The van der Waals surface area contributed by atoms with Crippen molar-refractivity contribution in [2.75, 3.05) is 12.3 Å². The van der Waals surface area contributed by atoms with Crippen LogP contribution in [-0.2, 0) is 0 Å². The molecule has 4 nitrogen and oxygen atoms in total. The van der Waals surface area contributed by atoms with Gasteiger partial charge in [-0.15, -0.1) is 0 Å². The number of amides is 1. The van der Waals surface area contributed by atoms with Crippen molar-refractivity contribution in [3.63, 3.8) is 0 Å². The number of carbonyl (C=O) groups is 1. The third kappa shape index (κ3) is 2.94. The zero-order valence-corrected chi connectivity index (χ0v) is 8.57. The fourth-order valence-corrected chi connectivity index (χ4v) is 1.46. The molecule has 1 aliphatic rings. The van der Waals surface area contributed by atoms with Crippen LogP contribution in [0.4, 0.5) is 5.69 Å². The molecule has 0 radical (unpaired) electrons. The number of nitrogen functional groups attached to an aromatic ring is 1.